The molecule has 0 N–H and O–H groups in total. The van der Waals surface area contributed by atoms with Gasteiger partial charge in [0.05, 0.1) is 0 Å². The second kappa shape index (κ2) is 57.3. The maximum Gasteiger partial charge on any atom is 0.101 e. The van der Waals surface area contributed by atoms with Crippen LogP contribution in [0.4, 0.5) is 0 Å². The number of furan rings is 1. The van der Waals surface area contributed by atoms with Crippen LogP contribution >= 0.6 is 90.7 Å². The van der Waals surface area contributed by atoms with Crippen LogP contribution in [0.15, 0.2) is 138 Å². The van der Waals surface area contributed by atoms with Crippen molar-refractivity contribution in [2.24, 2.45) is 11.8 Å². The van der Waals surface area contributed by atoms with Crippen molar-refractivity contribution in [1.29, 1.82) is 0 Å². The standard InChI is InChI=1S/C27H42S2.C24H40S2.C14H24S.C12H12.C8H8S2.C8H10.C7H9N.C6H8O.C6H8S/c1-7-11-13-21(9-3)17-27(18-22(10-4)14-12-8-2)23-15-19(5)28-25(23)26-24(27)16-20(6)29-26;1-5-7-9-11-13-15-17-21-19(3)25-24-22(20(4)26-23(21)24)18-16-14-12-10-8-6-2;1-4-5-6-7-8-9-10-14-11-12(2)15-13(14)3;1-9-3-5-12-8-10(2)4-6-11(12)7-9;1-5-3-7-8(9-5)4-6(2)10-7;1-7-3-5-8(2)6-4-7;1-6-3-4-7(2)8-5-6;2*1-5-3-4-6(2)7-5/h15-16,21-22H,7-14,17-18H2,1-6H3;5-18H2,1-4H3;11H,4-10H2,1-3H3;3-8H,1-2H3;3-4H,1-2H3;3-6H,1-2H3;3-5H,1-2H3;2*3-4H,1-2H3. The van der Waals surface area contributed by atoms with Crippen LogP contribution in [0.3, 0.4) is 0 Å². The maximum atomic E-state index is 5.08. The number of hydrogen-bond acceptors (Lipinski definition) is 10. The number of aromatic nitrogens is 1. The first kappa shape index (κ1) is 105. The molecule has 0 spiro atoms. The molecule has 0 aliphatic heterocycles. The van der Waals surface area contributed by atoms with Crippen molar-refractivity contribution in [3.63, 3.8) is 0 Å². The van der Waals surface area contributed by atoms with Crippen molar-refractivity contribution in [3.05, 3.63) is 255 Å². The normalized spacial score (nSPS) is 12.0. The molecule has 0 radical (unpaired) electrons. The van der Waals surface area contributed by atoms with Crippen molar-refractivity contribution in [1.82, 2.24) is 4.98 Å². The Morgan fingerprint density at radius 3 is 1.01 bits per heavy atom. The molecule has 2 unspecified atom stereocenters. The zero-order valence-corrected chi connectivity index (χ0v) is 87.4. The molecule has 1 aliphatic carbocycles. The van der Waals surface area contributed by atoms with Gasteiger partial charge in [0, 0.05) is 94.6 Å². The van der Waals surface area contributed by atoms with Gasteiger partial charge in [0.15, 0.2) is 0 Å². The van der Waals surface area contributed by atoms with E-state index >= 15 is 0 Å². The number of hydrogen-bond donors (Lipinski definition) is 0. The third kappa shape index (κ3) is 36.7. The molecular formula is C112H161NOS8. The SMILES string of the molecule is CCCCC(CC)CC1(CC(CC)CCCC)c2cc(C)sc2-c2sc(C)cc21.CCCCCCCCc1c(C)sc2c(CCCCCCCC)c(C)sc12.CCCCCCCCc1cc(C)sc1C.Cc1cc2sc(C)cc2s1.Cc1ccc(C)cc1.Cc1ccc(C)nc1.Cc1ccc(C)o1.Cc1ccc(C)s1.Cc1ccc2cc(C)ccc2c1. The fraction of sp³-hybridized carbons (Fsp3) is 0.527. The third-order valence-corrected chi connectivity index (χ3v) is 32.4. The van der Waals surface area contributed by atoms with Gasteiger partial charge in [-0.1, -0.05) is 285 Å². The van der Waals surface area contributed by atoms with E-state index in [4.69, 9.17) is 4.42 Å². The number of benzene rings is 3. The first-order valence-corrected chi connectivity index (χ1v) is 53.8. The molecule has 0 amide bonds. The van der Waals surface area contributed by atoms with E-state index in [1.54, 1.807) is 56.7 Å². The second-order valence-electron chi connectivity index (χ2n) is 35.2. The van der Waals surface area contributed by atoms with E-state index < -0.39 is 0 Å². The molecule has 1 aliphatic rings. The Morgan fingerprint density at radius 2 is 0.672 bits per heavy atom. The summed E-state index contributed by atoms with van der Waals surface area (Å²) in [6, 6.07) is 45.9. The topological polar surface area (TPSA) is 26.0 Å². The molecule has 10 aromatic heterocycles. The molecule has 14 rings (SSSR count). The van der Waals surface area contributed by atoms with Crippen molar-refractivity contribution >= 4 is 120 Å². The quantitative estimate of drug-likeness (QED) is 0.0383. The van der Waals surface area contributed by atoms with Gasteiger partial charge in [-0.25, -0.2) is 0 Å². The monoisotopic (exact) mass is 1790 g/mol. The van der Waals surface area contributed by atoms with Gasteiger partial charge >= 0.3 is 0 Å². The van der Waals surface area contributed by atoms with Crippen molar-refractivity contribution < 1.29 is 4.42 Å². The highest BCUT2D eigenvalue weighted by atomic mass is 32.1. The zero-order valence-electron chi connectivity index (χ0n) is 80.9. The largest absolute Gasteiger partial charge is 0.467 e. The summed E-state index contributed by atoms with van der Waals surface area (Å²) in [4.78, 5) is 22.1. The highest BCUT2D eigenvalue weighted by molar-refractivity contribution is 7.29. The van der Waals surface area contributed by atoms with Gasteiger partial charge < -0.3 is 4.42 Å². The molecule has 3 aromatic carbocycles. The number of pyridine rings is 1. The fourth-order valence-electron chi connectivity index (χ4n) is 16.5. The van der Waals surface area contributed by atoms with Gasteiger partial charge in [0.2, 0.25) is 0 Å². The van der Waals surface area contributed by atoms with Gasteiger partial charge in [0.1, 0.15) is 11.5 Å². The molecule has 2 nitrogen and oxygen atoms in total. The number of fused-ring (bicyclic) bond motifs is 6. The van der Waals surface area contributed by atoms with Gasteiger partial charge in [-0.05, 0) is 293 Å². The van der Waals surface area contributed by atoms with E-state index in [9.17, 15) is 0 Å². The number of aryl methyl sites for hydroxylation is 21. The van der Waals surface area contributed by atoms with Crippen LogP contribution < -0.4 is 0 Å². The van der Waals surface area contributed by atoms with Crippen LogP contribution in [-0.4, -0.2) is 4.98 Å². The number of nitrogens with zero attached hydrogens (tertiary/aromatic N) is 1. The van der Waals surface area contributed by atoms with E-state index in [2.05, 4.69) is 305 Å². The summed E-state index contributed by atoms with van der Waals surface area (Å²) in [6.07, 6.45) is 44.5. The predicted octanol–water partition coefficient (Wildman–Crippen LogP) is 39.9. The van der Waals surface area contributed by atoms with Gasteiger partial charge in [-0.2, -0.15) is 0 Å². The number of unbranched alkanes of at least 4 members (excludes halogenated alkanes) is 17. The highest BCUT2D eigenvalue weighted by Gasteiger charge is 2.47. The predicted molar refractivity (Wildman–Crippen MR) is 562 cm³/mol. The molecule has 668 valence electrons. The average molecular weight is 1790 g/mol. The van der Waals surface area contributed by atoms with Gasteiger partial charge in [0.25, 0.3) is 0 Å². The Labute approximate surface area is 777 Å². The van der Waals surface area contributed by atoms with E-state index in [1.807, 2.05) is 97.4 Å². The van der Waals surface area contributed by atoms with E-state index in [1.165, 1.54) is 286 Å². The minimum Gasteiger partial charge on any atom is -0.467 e. The van der Waals surface area contributed by atoms with Crippen LogP contribution in [-0.2, 0) is 24.7 Å². The van der Waals surface area contributed by atoms with Crippen LogP contribution in [0.25, 0.3) is 39.3 Å². The van der Waals surface area contributed by atoms with Crippen molar-refractivity contribution in [2.45, 2.75) is 378 Å². The summed E-state index contributed by atoms with van der Waals surface area (Å²) >= 11 is 15.8. The van der Waals surface area contributed by atoms with Gasteiger partial charge in [-0.3, -0.25) is 4.98 Å². The lowest BCUT2D eigenvalue weighted by molar-refractivity contribution is 0.266. The Balaban J connectivity index is 0.000000224. The number of thiophene rings is 8. The summed E-state index contributed by atoms with van der Waals surface area (Å²) in [5.41, 5.74) is 16.2. The molecule has 2 atom stereocenters. The van der Waals surface area contributed by atoms with Gasteiger partial charge in [-0.15, -0.1) is 90.7 Å². The first-order valence-electron chi connectivity index (χ1n) is 47.3. The van der Waals surface area contributed by atoms with Crippen molar-refractivity contribution in [3.8, 4) is 9.75 Å². The van der Waals surface area contributed by atoms with Crippen LogP contribution in [0, 0.1) is 136 Å². The lowest BCUT2D eigenvalue weighted by Gasteiger charge is -2.37. The highest BCUT2D eigenvalue weighted by Crippen LogP contribution is 2.61. The fourth-order valence-corrected chi connectivity index (χ4v) is 25.7. The van der Waals surface area contributed by atoms with E-state index in [-0.39, 0.29) is 5.41 Å². The zero-order chi connectivity index (χ0) is 89.1. The molecule has 0 saturated carbocycles. The second-order valence-corrected chi connectivity index (χ2v) is 45.7. The molecular weight excluding hydrogens is 1630 g/mol. The molecule has 0 saturated heterocycles. The summed E-state index contributed by atoms with van der Waals surface area (Å²) in [7, 11) is 0. The molecule has 0 bridgehead atoms. The lowest BCUT2D eigenvalue weighted by atomic mass is 9.65. The summed E-state index contributed by atoms with van der Waals surface area (Å²) in [6.45, 7) is 55.1. The molecule has 10 heterocycles. The smallest absolute Gasteiger partial charge is 0.101 e. The lowest BCUT2D eigenvalue weighted by Crippen LogP contribution is -2.31. The van der Waals surface area contributed by atoms with Crippen molar-refractivity contribution in [2.75, 3.05) is 0 Å². The molecule has 0 fully saturated rings. The Bertz CT molecular complexity index is 4590. The Morgan fingerprint density at radius 1 is 0.303 bits per heavy atom. The molecule has 13 aromatic rings. The van der Waals surface area contributed by atoms with Crippen LogP contribution in [0.1, 0.15) is 350 Å². The van der Waals surface area contributed by atoms with E-state index in [0.29, 0.717) is 0 Å². The Hall–Kier alpha value is -5.53. The molecule has 10 heteroatoms. The van der Waals surface area contributed by atoms with Crippen LogP contribution in [0.2, 0.25) is 0 Å². The maximum absolute atomic E-state index is 5.08. The summed E-state index contributed by atoms with van der Waals surface area (Å²) in [5.74, 6) is 3.66. The average Bonchev–Trinajstić information content (AvgIpc) is 1.54. The third-order valence-electron chi connectivity index (χ3n) is 23.6. The molecule has 122 heavy (non-hydrogen) atoms. The van der Waals surface area contributed by atoms with E-state index in [0.717, 1.165) is 29.1 Å². The minimum atomic E-state index is 0.267. The number of rotatable bonds is 33. The Kier molecular flexibility index (Phi) is 49.4. The van der Waals surface area contributed by atoms with Crippen LogP contribution in [0.5, 0.6) is 0 Å². The first-order chi connectivity index (χ1) is 58.6. The minimum absolute atomic E-state index is 0.267. The summed E-state index contributed by atoms with van der Waals surface area (Å²) in [5, 5.41) is 2.67. The summed E-state index contributed by atoms with van der Waals surface area (Å²) < 4.78 is 11.2.